The minimum Gasteiger partial charge on any atom is -0.332 e. The molecule has 1 aliphatic rings. The van der Waals surface area contributed by atoms with Gasteiger partial charge in [0, 0.05) is 26.7 Å². The molecule has 0 radical (unpaired) electrons. The normalized spacial score (nSPS) is 19.1. The number of sulfonamides is 1. The van der Waals surface area contributed by atoms with Gasteiger partial charge in [-0.3, -0.25) is 4.79 Å². The fourth-order valence-electron chi connectivity index (χ4n) is 2.61. The number of hydrogen-bond acceptors (Lipinski definition) is 4. The van der Waals surface area contributed by atoms with Crippen molar-refractivity contribution >= 4 is 15.9 Å². The molecule has 23 heavy (non-hydrogen) atoms. The monoisotopic (exact) mass is 343 g/mol. The predicted molar refractivity (Wildman–Crippen MR) is 85.8 cm³/mol. The first kappa shape index (κ1) is 17.8. The standard InChI is InChI=1S/C15H22FN3O3S/c1-3-23(21,22)18(2)11-15(20)19-8-7-17-10-14(19)12-5-4-6-13(16)9-12/h4-6,9,14,17H,3,7-8,10-11H2,1-2H3. The maximum absolute atomic E-state index is 13.5. The molecule has 1 saturated heterocycles. The number of rotatable bonds is 5. The van der Waals surface area contributed by atoms with Crippen LogP contribution in [0.1, 0.15) is 18.5 Å². The van der Waals surface area contributed by atoms with E-state index in [-0.39, 0.29) is 30.1 Å². The molecule has 1 aromatic carbocycles. The Morgan fingerprint density at radius 1 is 1.48 bits per heavy atom. The van der Waals surface area contributed by atoms with Crippen molar-refractivity contribution in [2.24, 2.45) is 0 Å². The van der Waals surface area contributed by atoms with Crippen molar-refractivity contribution < 1.29 is 17.6 Å². The minimum absolute atomic E-state index is 0.0499. The van der Waals surface area contributed by atoms with Gasteiger partial charge >= 0.3 is 0 Å². The summed E-state index contributed by atoms with van der Waals surface area (Å²) in [6, 6.07) is 5.84. The van der Waals surface area contributed by atoms with Gasteiger partial charge in [0.15, 0.2) is 0 Å². The molecular formula is C15H22FN3O3S. The first-order valence-electron chi connectivity index (χ1n) is 7.55. The first-order valence-corrected chi connectivity index (χ1v) is 9.15. The van der Waals surface area contributed by atoms with Crippen molar-refractivity contribution in [1.29, 1.82) is 0 Å². The van der Waals surface area contributed by atoms with Gasteiger partial charge in [0.1, 0.15) is 5.82 Å². The highest BCUT2D eigenvalue weighted by Gasteiger charge is 2.30. The van der Waals surface area contributed by atoms with Crippen LogP contribution < -0.4 is 5.32 Å². The zero-order chi connectivity index (χ0) is 17.0. The third kappa shape index (κ3) is 4.27. The highest BCUT2D eigenvalue weighted by molar-refractivity contribution is 7.89. The summed E-state index contributed by atoms with van der Waals surface area (Å²) in [5, 5.41) is 3.18. The van der Waals surface area contributed by atoms with Crippen LogP contribution in [-0.4, -0.2) is 62.5 Å². The molecule has 1 heterocycles. The van der Waals surface area contributed by atoms with E-state index in [9.17, 15) is 17.6 Å². The maximum atomic E-state index is 13.5. The fraction of sp³-hybridized carbons (Fsp3) is 0.533. The SMILES string of the molecule is CCS(=O)(=O)N(C)CC(=O)N1CCNCC1c1cccc(F)c1. The van der Waals surface area contributed by atoms with Crippen molar-refractivity contribution in [2.45, 2.75) is 13.0 Å². The largest absolute Gasteiger partial charge is 0.332 e. The Morgan fingerprint density at radius 3 is 2.87 bits per heavy atom. The third-order valence-electron chi connectivity index (χ3n) is 3.99. The molecule has 1 N–H and O–H groups in total. The van der Waals surface area contributed by atoms with Crippen molar-refractivity contribution in [2.75, 3.05) is 39.0 Å². The summed E-state index contributed by atoms with van der Waals surface area (Å²) in [5.74, 6) is -0.683. The lowest BCUT2D eigenvalue weighted by atomic mass is 10.0. The molecule has 0 aromatic heterocycles. The summed E-state index contributed by atoms with van der Waals surface area (Å²) in [4.78, 5) is 14.2. The Bertz CT molecular complexity index is 666. The average Bonchev–Trinajstić information content (AvgIpc) is 2.54. The molecule has 1 fully saturated rings. The van der Waals surface area contributed by atoms with Gasteiger partial charge in [-0.15, -0.1) is 0 Å². The maximum Gasteiger partial charge on any atom is 0.238 e. The molecule has 128 valence electrons. The van der Waals surface area contributed by atoms with E-state index in [1.54, 1.807) is 17.0 Å². The number of likely N-dealkylation sites (N-methyl/N-ethyl adjacent to an activating group) is 1. The number of nitrogens with one attached hydrogen (secondary N) is 1. The van der Waals surface area contributed by atoms with Crippen LogP contribution in [-0.2, 0) is 14.8 Å². The smallest absolute Gasteiger partial charge is 0.238 e. The van der Waals surface area contributed by atoms with Crippen molar-refractivity contribution in [3.8, 4) is 0 Å². The van der Waals surface area contributed by atoms with Gasteiger partial charge < -0.3 is 10.2 Å². The van der Waals surface area contributed by atoms with Gasteiger partial charge in [0.05, 0.1) is 18.3 Å². The molecule has 1 aromatic rings. The summed E-state index contributed by atoms with van der Waals surface area (Å²) in [5.41, 5.74) is 0.701. The summed E-state index contributed by atoms with van der Waals surface area (Å²) in [7, 11) is -2.01. The van der Waals surface area contributed by atoms with E-state index in [1.165, 1.54) is 26.1 Å². The summed E-state index contributed by atoms with van der Waals surface area (Å²) >= 11 is 0. The molecule has 0 bridgehead atoms. The molecule has 0 aliphatic carbocycles. The quantitative estimate of drug-likeness (QED) is 0.849. The van der Waals surface area contributed by atoms with Gasteiger partial charge in [-0.1, -0.05) is 12.1 Å². The van der Waals surface area contributed by atoms with Gasteiger partial charge in [0.25, 0.3) is 0 Å². The van der Waals surface area contributed by atoms with Crippen molar-refractivity contribution in [3.05, 3.63) is 35.6 Å². The number of amides is 1. The second-order valence-electron chi connectivity index (χ2n) is 5.52. The van der Waals surface area contributed by atoms with Crippen molar-refractivity contribution in [1.82, 2.24) is 14.5 Å². The van der Waals surface area contributed by atoms with E-state index in [1.807, 2.05) is 0 Å². The van der Waals surface area contributed by atoms with E-state index in [0.29, 0.717) is 25.2 Å². The van der Waals surface area contributed by atoms with E-state index in [0.717, 1.165) is 4.31 Å². The van der Waals surface area contributed by atoms with Crippen LogP contribution in [0.25, 0.3) is 0 Å². The number of carbonyl (C=O) groups is 1. The average molecular weight is 343 g/mol. The number of halogens is 1. The summed E-state index contributed by atoms with van der Waals surface area (Å²) in [6.45, 7) is 2.93. The van der Waals surface area contributed by atoms with Crippen LogP contribution in [0.4, 0.5) is 4.39 Å². The van der Waals surface area contributed by atoms with Crippen LogP contribution in [0.2, 0.25) is 0 Å². The van der Waals surface area contributed by atoms with Crippen LogP contribution >= 0.6 is 0 Å². The molecule has 0 saturated carbocycles. The van der Waals surface area contributed by atoms with Gasteiger partial charge in [-0.2, -0.15) is 4.31 Å². The molecule has 1 unspecified atom stereocenters. The lowest BCUT2D eigenvalue weighted by Gasteiger charge is -2.37. The van der Waals surface area contributed by atoms with Gasteiger partial charge in [0.2, 0.25) is 15.9 Å². The van der Waals surface area contributed by atoms with Crippen LogP contribution in [0.3, 0.4) is 0 Å². The predicted octanol–water partition coefficient (Wildman–Crippen LogP) is 0.580. The number of carbonyl (C=O) groups excluding carboxylic acids is 1. The van der Waals surface area contributed by atoms with Gasteiger partial charge in [-0.05, 0) is 24.6 Å². The Morgan fingerprint density at radius 2 is 2.22 bits per heavy atom. The summed E-state index contributed by atoms with van der Waals surface area (Å²) in [6.07, 6.45) is 0. The second kappa shape index (κ2) is 7.37. The Kier molecular flexibility index (Phi) is 5.72. The molecule has 2 rings (SSSR count). The molecule has 0 spiro atoms. The van der Waals surface area contributed by atoms with Crippen LogP contribution in [0.15, 0.2) is 24.3 Å². The number of benzene rings is 1. The molecule has 8 heteroatoms. The Hall–Kier alpha value is -1.51. The molecule has 1 atom stereocenters. The van der Waals surface area contributed by atoms with E-state index in [4.69, 9.17) is 0 Å². The van der Waals surface area contributed by atoms with Crippen LogP contribution in [0, 0.1) is 5.82 Å². The molecule has 1 aliphatic heterocycles. The number of nitrogens with zero attached hydrogens (tertiary/aromatic N) is 2. The molecule has 6 nitrogen and oxygen atoms in total. The zero-order valence-electron chi connectivity index (χ0n) is 13.3. The van der Waals surface area contributed by atoms with E-state index in [2.05, 4.69) is 5.32 Å². The minimum atomic E-state index is -3.41. The zero-order valence-corrected chi connectivity index (χ0v) is 14.1. The van der Waals surface area contributed by atoms with Crippen LogP contribution in [0.5, 0.6) is 0 Å². The van der Waals surface area contributed by atoms with E-state index < -0.39 is 10.0 Å². The third-order valence-corrected chi connectivity index (χ3v) is 5.80. The Balaban J connectivity index is 2.16. The van der Waals surface area contributed by atoms with Gasteiger partial charge in [-0.25, -0.2) is 12.8 Å². The lowest BCUT2D eigenvalue weighted by Crippen LogP contribution is -2.51. The number of piperazine rings is 1. The second-order valence-corrected chi connectivity index (χ2v) is 7.88. The highest BCUT2D eigenvalue weighted by Crippen LogP contribution is 2.23. The topological polar surface area (TPSA) is 69.7 Å². The first-order chi connectivity index (χ1) is 10.8. The molecule has 1 amide bonds. The highest BCUT2D eigenvalue weighted by atomic mass is 32.2. The number of hydrogen-bond donors (Lipinski definition) is 1. The lowest BCUT2D eigenvalue weighted by molar-refractivity contribution is -0.134. The fourth-order valence-corrected chi connectivity index (χ4v) is 3.36. The van der Waals surface area contributed by atoms with E-state index >= 15 is 0 Å². The van der Waals surface area contributed by atoms with Crippen molar-refractivity contribution in [3.63, 3.8) is 0 Å². The molecular weight excluding hydrogens is 321 g/mol. The Labute approximate surface area is 136 Å². The summed E-state index contributed by atoms with van der Waals surface area (Å²) < 4.78 is 38.1.